The normalized spacial score (nSPS) is 16.2. The van der Waals surface area contributed by atoms with E-state index in [1.165, 1.54) is 5.56 Å². The van der Waals surface area contributed by atoms with E-state index in [9.17, 15) is 0 Å². The van der Waals surface area contributed by atoms with E-state index < -0.39 is 0 Å². The molecule has 3 N–H and O–H groups in total. The van der Waals surface area contributed by atoms with E-state index >= 15 is 0 Å². The van der Waals surface area contributed by atoms with Gasteiger partial charge in [-0.2, -0.15) is 5.10 Å². The molecule has 21 heavy (non-hydrogen) atoms. The molecular weight excluding hydrogens is 264 g/mol. The average molecular weight is 286 g/mol. The van der Waals surface area contributed by atoms with E-state index in [4.69, 9.17) is 10.5 Å². The second kappa shape index (κ2) is 5.77. The number of nitrogens with zero attached hydrogens (tertiary/aromatic N) is 2. The number of rotatable bonds is 3. The number of nitrogens with one attached hydrogen (secondary N) is 1. The van der Waals surface area contributed by atoms with Crippen molar-refractivity contribution in [3.05, 3.63) is 30.0 Å². The molecule has 0 atom stereocenters. The van der Waals surface area contributed by atoms with Crippen molar-refractivity contribution in [2.75, 3.05) is 25.1 Å². The average Bonchev–Trinajstić information content (AvgIpc) is 2.90. The Labute approximate surface area is 125 Å². The van der Waals surface area contributed by atoms with Crippen LogP contribution in [0.25, 0.3) is 11.1 Å². The summed E-state index contributed by atoms with van der Waals surface area (Å²) in [5.74, 6) is 1.90. The van der Waals surface area contributed by atoms with E-state index in [1.54, 1.807) is 7.11 Å². The third-order valence-electron chi connectivity index (χ3n) is 4.15. The summed E-state index contributed by atoms with van der Waals surface area (Å²) >= 11 is 0. The highest BCUT2D eigenvalue weighted by molar-refractivity contribution is 5.78. The van der Waals surface area contributed by atoms with Crippen molar-refractivity contribution in [3.8, 4) is 16.9 Å². The van der Waals surface area contributed by atoms with Gasteiger partial charge in [0.05, 0.1) is 7.11 Å². The molecule has 0 spiro atoms. The first-order valence-corrected chi connectivity index (χ1v) is 7.39. The number of piperidine rings is 1. The summed E-state index contributed by atoms with van der Waals surface area (Å²) in [6.45, 7) is 4.00. The fourth-order valence-corrected chi connectivity index (χ4v) is 2.86. The molecular formula is C16H22N4O. The largest absolute Gasteiger partial charge is 0.497 e. The van der Waals surface area contributed by atoms with E-state index in [-0.39, 0.29) is 0 Å². The van der Waals surface area contributed by atoms with Crippen molar-refractivity contribution in [2.45, 2.75) is 25.8 Å². The smallest absolute Gasteiger partial charge is 0.158 e. The van der Waals surface area contributed by atoms with Gasteiger partial charge >= 0.3 is 0 Å². The number of anilines is 1. The molecule has 5 heteroatoms. The second-order valence-electron chi connectivity index (χ2n) is 5.60. The first-order valence-electron chi connectivity index (χ1n) is 7.39. The van der Waals surface area contributed by atoms with Gasteiger partial charge in [0, 0.05) is 30.4 Å². The highest BCUT2D eigenvalue weighted by atomic mass is 16.5. The molecule has 0 radical (unpaired) electrons. The Morgan fingerprint density at radius 3 is 2.52 bits per heavy atom. The number of hydrogen-bond donors (Lipinski definition) is 2. The lowest BCUT2D eigenvalue weighted by Crippen LogP contribution is -2.40. The highest BCUT2D eigenvalue weighted by Gasteiger charge is 2.22. The molecule has 2 aromatic rings. The zero-order valence-electron chi connectivity index (χ0n) is 12.6. The van der Waals surface area contributed by atoms with Crippen LogP contribution < -0.4 is 15.4 Å². The van der Waals surface area contributed by atoms with Crippen molar-refractivity contribution < 1.29 is 4.74 Å². The van der Waals surface area contributed by atoms with Gasteiger partial charge in [-0.1, -0.05) is 12.1 Å². The molecule has 0 amide bonds. The standard InChI is InChI=1S/C16H22N4O/c1-11-15(12-3-5-14(21-2)6-4-12)16(19-18-11)20-9-7-13(17)8-10-20/h3-6,13H,7-10,17H2,1-2H3,(H,18,19). The zero-order valence-corrected chi connectivity index (χ0v) is 12.6. The van der Waals surface area contributed by atoms with Gasteiger partial charge in [-0.05, 0) is 37.5 Å². The molecule has 3 rings (SSSR count). The van der Waals surface area contributed by atoms with Crippen molar-refractivity contribution in [3.63, 3.8) is 0 Å². The summed E-state index contributed by atoms with van der Waals surface area (Å²) < 4.78 is 5.23. The second-order valence-corrected chi connectivity index (χ2v) is 5.60. The summed E-state index contributed by atoms with van der Waals surface area (Å²) in [7, 11) is 1.68. The summed E-state index contributed by atoms with van der Waals surface area (Å²) in [5.41, 5.74) is 9.41. The fraction of sp³-hybridized carbons (Fsp3) is 0.438. The number of ether oxygens (including phenoxy) is 1. The summed E-state index contributed by atoms with van der Waals surface area (Å²) in [6, 6.07) is 8.45. The molecule has 0 aliphatic carbocycles. The number of aryl methyl sites for hydroxylation is 1. The molecule has 2 heterocycles. The Morgan fingerprint density at radius 2 is 1.90 bits per heavy atom. The Hall–Kier alpha value is -2.01. The van der Waals surface area contributed by atoms with Gasteiger partial charge in [-0.25, -0.2) is 0 Å². The number of methoxy groups -OCH3 is 1. The van der Waals surface area contributed by atoms with Crippen LogP contribution in [0, 0.1) is 6.92 Å². The molecule has 0 saturated carbocycles. The van der Waals surface area contributed by atoms with Crippen LogP contribution in [0.3, 0.4) is 0 Å². The molecule has 1 saturated heterocycles. The molecule has 1 aliphatic heterocycles. The van der Waals surface area contributed by atoms with Crippen molar-refractivity contribution in [1.29, 1.82) is 0 Å². The predicted octanol–water partition coefficient (Wildman–Crippen LogP) is 2.32. The molecule has 1 aromatic heterocycles. The van der Waals surface area contributed by atoms with Gasteiger partial charge < -0.3 is 15.4 Å². The summed E-state index contributed by atoms with van der Waals surface area (Å²) in [5, 5.41) is 7.63. The van der Waals surface area contributed by atoms with Crippen LogP contribution in [0.5, 0.6) is 5.75 Å². The van der Waals surface area contributed by atoms with E-state index in [2.05, 4.69) is 34.2 Å². The highest BCUT2D eigenvalue weighted by Crippen LogP contribution is 2.34. The number of hydrogen-bond acceptors (Lipinski definition) is 4. The third kappa shape index (κ3) is 2.74. The molecule has 1 fully saturated rings. The van der Waals surface area contributed by atoms with Gasteiger partial charge in [0.15, 0.2) is 5.82 Å². The third-order valence-corrected chi connectivity index (χ3v) is 4.15. The number of H-pyrrole nitrogens is 1. The van der Waals surface area contributed by atoms with Crippen LogP contribution in [-0.4, -0.2) is 36.4 Å². The van der Waals surface area contributed by atoms with Crippen molar-refractivity contribution in [1.82, 2.24) is 10.2 Å². The Balaban J connectivity index is 1.92. The number of aromatic amines is 1. The number of nitrogens with two attached hydrogens (primary N) is 1. The van der Waals surface area contributed by atoms with Gasteiger partial charge in [0.2, 0.25) is 0 Å². The molecule has 1 aromatic carbocycles. The summed E-state index contributed by atoms with van der Waals surface area (Å²) in [6.07, 6.45) is 2.04. The van der Waals surface area contributed by atoms with E-state index in [0.717, 1.165) is 48.8 Å². The minimum absolute atomic E-state index is 0.325. The van der Waals surface area contributed by atoms with Gasteiger partial charge in [-0.3, -0.25) is 5.10 Å². The quantitative estimate of drug-likeness (QED) is 0.908. The monoisotopic (exact) mass is 286 g/mol. The number of benzene rings is 1. The van der Waals surface area contributed by atoms with Gasteiger partial charge in [0.1, 0.15) is 5.75 Å². The van der Waals surface area contributed by atoms with E-state index in [1.807, 2.05) is 12.1 Å². The topological polar surface area (TPSA) is 67.2 Å². The molecule has 112 valence electrons. The maximum atomic E-state index is 5.99. The molecule has 0 unspecified atom stereocenters. The van der Waals surface area contributed by atoms with Crippen LogP contribution in [0.2, 0.25) is 0 Å². The van der Waals surface area contributed by atoms with Crippen LogP contribution >= 0.6 is 0 Å². The lowest BCUT2D eigenvalue weighted by atomic mass is 10.0. The van der Waals surface area contributed by atoms with Crippen LogP contribution in [0.15, 0.2) is 24.3 Å². The Morgan fingerprint density at radius 1 is 1.24 bits per heavy atom. The maximum Gasteiger partial charge on any atom is 0.158 e. The first-order chi connectivity index (χ1) is 10.2. The van der Waals surface area contributed by atoms with Gasteiger partial charge in [0.25, 0.3) is 0 Å². The fourth-order valence-electron chi connectivity index (χ4n) is 2.86. The molecule has 1 aliphatic rings. The van der Waals surface area contributed by atoms with Crippen LogP contribution in [-0.2, 0) is 0 Å². The minimum Gasteiger partial charge on any atom is -0.497 e. The molecule has 5 nitrogen and oxygen atoms in total. The number of aromatic nitrogens is 2. The minimum atomic E-state index is 0.325. The van der Waals surface area contributed by atoms with Crippen LogP contribution in [0.1, 0.15) is 18.5 Å². The zero-order chi connectivity index (χ0) is 14.8. The molecule has 0 bridgehead atoms. The van der Waals surface area contributed by atoms with E-state index in [0.29, 0.717) is 6.04 Å². The predicted molar refractivity (Wildman–Crippen MR) is 84.7 cm³/mol. The maximum absolute atomic E-state index is 5.99. The Kier molecular flexibility index (Phi) is 3.84. The van der Waals surface area contributed by atoms with Crippen molar-refractivity contribution in [2.24, 2.45) is 5.73 Å². The lowest BCUT2D eigenvalue weighted by molar-refractivity contribution is 0.415. The van der Waals surface area contributed by atoms with Gasteiger partial charge in [-0.15, -0.1) is 0 Å². The summed E-state index contributed by atoms with van der Waals surface area (Å²) in [4.78, 5) is 2.33. The lowest BCUT2D eigenvalue weighted by Gasteiger charge is -2.31. The van der Waals surface area contributed by atoms with Crippen molar-refractivity contribution >= 4 is 5.82 Å². The first kappa shape index (κ1) is 13.9. The van der Waals surface area contributed by atoms with Crippen LogP contribution in [0.4, 0.5) is 5.82 Å². The SMILES string of the molecule is COc1ccc(-c2c(N3CCC(N)CC3)n[nH]c2C)cc1. The Bertz CT molecular complexity index is 597.